The van der Waals surface area contributed by atoms with Crippen molar-refractivity contribution in [2.45, 2.75) is 0 Å². The molecule has 0 atom stereocenters. The summed E-state index contributed by atoms with van der Waals surface area (Å²) in [5.74, 6) is 0.0293. The van der Waals surface area contributed by atoms with Crippen molar-refractivity contribution in [3.63, 3.8) is 0 Å². The minimum absolute atomic E-state index is 0.0293. The molecule has 0 saturated heterocycles. The summed E-state index contributed by atoms with van der Waals surface area (Å²) in [5, 5.41) is 3.98. The summed E-state index contributed by atoms with van der Waals surface area (Å²) in [7, 11) is 0. The van der Waals surface area contributed by atoms with Crippen LogP contribution in [0.3, 0.4) is 0 Å². The molecule has 92 valence electrons. The van der Waals surface area contributed by atoms with E-state index in [0.717, 1.165) is 5.69 Å². The van der Waals surface area contributed by atoms with Crippen molar-refractivity contribution in [3.05, 3.63) is 64.1 Å². The molecule has 2 aromatic rings. The topological polar surface area (TPSA) is 29.1 Å². The summed E-state index contributed by atoms with van der Waals surface area (Å²) in [6.07, 6.45) is 0. The summed E-state index contributed by atoms with van der Waals surface area (Å²) >= 11 is 11.7. The second-order valence-electron chi connectivity index (χ2n) is 3.77. The molecule has 18 heavy (non-hydrogen) atoms. The summed E-state index contributed by atoms with van der Waals surface area (Å²) in [6.45, 7) is 0.224. The Balaban J connectivity index is 1.99. The molecule has 0 aliphatic carbocycles. The van der Waals surface area contributed by atoms with Crippen LogP contribution < -0.4 is 5.32 Å². The van der Waals surface area contributed by atoms with Crippen molar-refractivity contribution in [1.29, 1.82) is 0 Å². The van der Waals surface area contributed by atoms with Gasteiger partial charge >= 0.3 is 0 Å². The minimum atomic E-state index is 0.0293. The smallest absolute Gasteiger partial charge is 0.181 e. The predicted octanol–water partition coefficient (Wildman–Crippen LogP) is 4.29. The molecule has 0 heterocycles. The molecule has 0 aliphatic rings. The number of halogens is 2. The zero-order valence-electron chi connectivity index (χ0n) is 9.49. The third-order valence-electron chi connectivity index (χ3n) is 2.47. The maximum absolute atomic E-state index is 11.8. The standard InChI is InChI=1S/C14H11Cl2NO/c15-12-7-6-11(8-13(12)16)17-9-14(18)10-4-2-1-3-5-10/h1-8,17H,9H2. The lowest BCUT2D eigenvalue weighted by Crippen LogP contribution is -2.13. The number of carbonyl (C=O) groups is 1. The molecule has 2 rings (SSSR count). The van der Waals surface area contributed by atoms with E-state index in [2.05, 4.69) is 5.32 Å². The lowest BCUT2D eigenvalue weighted by molar-refractivity contribution is 0.101. The van der Waals surface area contributed by atoms with Crippen LogP contribution >= 0.6 is 23.2 Å². The Bertz CT molecular complexity index is 555. The number of carbonyl (C=O) groups excluding carboxylic acids is 1. The van der Waals surface area contributed by atoms with Crippen LogP contribution in [0.1, 0.15) is 10.4 Å². The monoisotopic (exact) mass is 279 g/mol. The molecule has 1 N–H and O–H groups in total. The van der Waals surface area contributed by atoms with Gasteiger partial charge in [-0.1, -0.05) is 53.5 Å². The second-order valence-corrected chi connectivity index (χ2v) is 4.59. The Labute approximate surface area is 116 Å². The van der Waals surface area contributed by atoms with Crippen LogP contribution in [-0.4, -0.2) is 12.3 Å². The zero-order chi connectivity index (χ0) is 13.0. The Morgan fingerprint density at radius 2 is 1.72 bits per heavy atom. The van der Waals surface area contributed by atoms with Gasteiger partial charge in [0.25, 0.3) is 0 Å². The van der Waals surface area contributed by atoms with Crippen LogP contribution in [-0.2, 0) is 0 Å². The summed E-state index contributed by atoms with van der Waals surface area (Å²) in [4.78, 5) is 11.8. The fourth-order valence-corrected chi connectivity index (χ4v) is 1.81. The first-order valence-electron chi connectivity index (χ1n) is 5.44. The van der Waals surface area contributed by atoms with Gasteiger partial charge in [-0.25, -0.2) is 0 Å². The maximum atomic E-state index is 11.8. The van der Waals surface area contributed by atoms with Gasteiger partial charge in [0.05, 0.1) is 16.6 Å². The molecule has 2 aromatic carbocycles. The molecular formula is C14H11Cl2NO. The minimum Gasteiger partial charge on any atom is -0.378 e. The average molecular weight is 280 g/mol. The van der Waals surface area contributed by atoms with Crippen LogP contribution in [0.5, 0.6) is 0 Å². The van der Waals surface area contributed by atoms with E-state index in [1.807, 2.05) is 18.2 Å². The highest BCUT2D eigenvalue weighted by Gasteiger charge is 2.05. The zero-order valence-corrected chi connectivity index (χ0v) is 11.0. The largest absolute Gasteiger partial charge is 0.378 e. The van der Waals surface area contributed by atoms with E-state index < -0.39 is 0 Å². The quantitative estimate of drug-likeness (QED) is 0.846. The van der Waals surface area contributed by atoms with Crippen LogP contribution in [0.15, 0.2) is 48.5 Å². The van der Waals surface area contributed by atoms with E-state index in [-0.39, 0.29) is 12.3 Å². The fraction of sp³-hybridized carbons (Fsp3) is 0.0714. The van der Waals surface area contributed by atoms with Crippen molar-refractivity contribution < 1.29 is 4.79 Å². The molecular weight excluding hydrogens is 269 g/mol. The maximum Gasteiger partial charge on any atom is 0.181 e. The first kappa shape index (κ1) is 12.9. The van der Waals surface area contributed by atoms with Gasteiger partial charge in [0, 0.05) is 11.3 Å². The number of benzene rings is 2. The Hall–Kier alpha value is -1.51. The van der Waals surface area contributed by atoms with Crippen LogP contribution in [0, 0.1) is 0 Å². The van der Waals surface area contributed by atoms with E-state index in [1.165, 1.54) is 0 Å². The number of hydrogen-bond donors (Lipinski definition) is 1. The van der Waals surface area contributed by atoms with Crippen molar-refractivity contribution in [1.82, 2.24) is 0 Å². The van der Waals surface area contributed by atoms with E-state index in [4.69, 9.17) is 23.2 Å². The number of Topliss-reactive ketones (excluding diaryl/α,β-unsaturated/α-hetero) is 1. The van der Waals surface area contributed by atoms with Gasteiger partial charge in [0.15, 0.2) is 5.78 Å². The van der Waals surface area contributed by atoms with E-state index >= 15 is 0 Å². The van der Waals surface area contributed by atoms with Gasteiger partial charge in [0.2, 0.25) is 0 Å². The molecule has 0 amide bonds. The van der Waals surface area contributed by atoms with E-state index in [0.29, 0.717) is 15.6 Å². The molecule has 4 heteroatoms. The Morgan fingerprint density at radius 3 is 2.39 bits per heavy atom. The molecule has 0 bridgehead atoms. The normalized spacial score (nSPS) is 10.1. The van der Waals surface area contributed by atoms with Gasteiger partial charge in [-0.05, 0) is 18.2 Å². The first-order valence-corrected chi connectivity index (χ1v) is 6.19. The number of anilines is 1. The van der Waals surface area contributed by atoms with E-state index in [1.54, 1.807) is 30.3 Å². The SMILES string of the molecule is O=C(CNc1ccc(Cl)c(Cl)c1)c1ccccc1. The number of hydrogen-bond acceptors (Lipinski definition) is 2. The highest BCUT2D eigenvalue weighted by molar-refractivity contribution is 6.42. The molecule has 0 radical (unpaired) electrons. The molecule has 0 spiro atoms. The summed E-state index contributed by atoms with van der Waals surface area (Å²) in [6, 6.07) is 14.3. The summed E-state index contributed by atoms with van der Waals surface area (Å²) < 4.78 is 0. The lowest BCUT2D eigenvalue weighted by atomic mass is 10.1. The van der Waals surface area contributed by atoms with Gasteiger partial charge in [-0.3, -0.25) is 4.79 Å². The van der Waals surface area contributed by atoms with Gasteiger partial charge in [-0.15, -0.1) is 0 Å². The molecule has 2 nitrogen and oxygen atoms in total. The van der Waals surface area contributed by atoms with Gasteiger partial charge < -0.3 is 5.32 Å². The third-order valence-corrected chi connectivity index (χ3v) is 3.21. The first-order chi connectivity index (χ1) is 8.66. The second kappa shape index (κ2) is 5.89. The van der Waals surface area contributed by atoms with Crippen LogP contribution in [0.2, 0.25) is 10.0 Å². The Morgan fingerprint density at radius 1 is 1.00 bits per heavy atom. The van der Waals surface area contributed by atoms with Crippen molar-refractivity contribution in [2.75, 3.05) is 11.9 Å². The molecule has 0 saturated carbocycles. The molecule has 0 fully saturated rings. The Kier molecular flexibility index (Phi) is 4.24. The number of ketones is 1. The van der Waals surface area contributed by atoms with Crippen LogP contribution in [0.25, 0.3) is 0 Å². The van der Waals surface area contributed by atoms with Crippen LogP contribution in [0.4, 0.5) is 5.69 Å². The van der Waals surface area contributed by atoms with Crippen molar-refractivity contribution in [2.24, 2.45) is 0 Å². The summed E-state index contributed by atoms with van der Waals surface area (Å²) in [5.41, 5.74) is 1.46. The highest BCUT2D eigenvalue weighted by Crippen LogP contribution is 2.24. The number of rotatable bonds is 4. The van der Waals surface area contributed by atoms with Crippen molar-refractivity contribution in [3.8, 4) is 0 Å². The van der Waals surface area contributed by atoms with Gasteiger partial charge in [0.1, 0.15) is 0 Å². The number of nitrogens with one attached hydrogen (secondary N) is 1. The van der Waals surface area contributed by atoms with Gasteiger partial charge in [-0.2, -0.15) is 0 Å². The molecule has 0 aliphatic heterocycles. The lowest BCUT2D eigenvalue weighted by Gasteiger charge is -2.06. The fourth-order valence-electron chi connectivity index (χ4n) is 1.51. The molecule has 0 aromatic heterocycles. The van der Waals surface area contributed by atoms with E-state index in [9.17, 15) is 4.79 Å². The average Bonchev–Trinajstić information content (AvgIpc) is 2.41. The predicted molar refractivity (Wildman–Crippen MR) is 75.7 cm³/mol. The van der Waals surface area contributed by atoms with Crippen molar-refractivity contribution >= 4 is 34.7 Å². The third kappa shape index (κ3) is 3.25. The highest BCUT2D eigenvalue weighted by atomic mass is 35.5. The molecule has 0 unspecified atom stereocenters.